The van der Waals surface area contributed by atoms with Gasteiger partial charge in [0.2, 0.25) is 11.8 Å². The number of carbonyl (C=O) groups is 3. The molecule has 1 heterocycles. The first-order valence-corrected chi connectivity index (χ1v) is 8.74. The summed E-state index contributed by atoms with van der Waals surface area (Å²) >= 11 is 5.70. The molecule has 0 spiro atoms. The number of carbonyl (C=O) groups excluding carboxylic acids is 3. The first kappa shape index (κ1) is 18.3. The number of benzene rings is 1. The van der Waals surface area contributed by atoms with Crippen molar-refractivity contribution in [3.8, 4) is 0 Å². The molecule has 1 saturated heterocycles. The Hall–Kier alpha value is -2.48. The van der Waals surface area contributed by atoms with Crippen molar-refractivity contribution in [3.63, 3.8) is 0 Å². The van der Waals surface area contributed by atoms with Crippen molar-refractivity contribution in [3.05, 3.63) is 38.9 Å². The van der Waals surface area contributed by atoms with Gasteiger partial charge in [0.05, 0.1) is 28.9 Å². The normalized spacial score (nSPS) is 22.3. The van der Waals surface area contributed by atoms with Crippen molar-refractivity contribution >= 4 is 35.1 Å². The van der Waals surface area contributed by atoms with Crippen molar-refractivity contribution < 1.29 is 24.0 Å². The minimum Gasteiger partial charge on any atom is -0.460 e. The predicted octanol–water partition coefficient (Wildman–Crippen LogP) is 2.58. The van der Waals surface area contributed by atoms with Gasteiger partial charge in [-0.25, -0.2) is 4.79 Å². The predicted molar refractivity (Wildman–Crippen MR) is 90.6 cm³/mol. The molecule has 26 heavy (non-hydrogen) atoms. The lowest BCUT2D eigenvalue weighted by atomic mass is 9.81. The Labute approximate surface area is 154 Å². The first-order valence-electron chi connectivity index (χ1n) is 8.36. The van der Waals surface area contributed by atoms with E-state index in [0.29, 0.717) is 0 Å². The van der Waals surface area contributed by atoms with Gasteiger partial charge in [-0.05, 0) is 25.0 Å². The van der Waals surface area contributed by atoms with Crippen LogP contribution in [0, 0.1) is 22.0 Å². The van der Waals surface area contributed by atoms with Gasteiger partial charge in [-0.3, -0.25) is 24.6 Å². The summed E-state index contributed by atoms with van der Waals surface area (Å²) in [4.78, 5) is 48.0. The van der Waals surface area contributed by atoms with E-state index in [9.17, 15) is 24.5 Å². The van der Waals surface area contributed by atoms with E-state index in [1.165, 1.54) is 12.1 Å². The smallest absolute Gasteiger partial charge is 0.338 e. The minimum absolute atomic E-state index is 0.00785. The summed E-state index contributed by atoms with van der Waals surface area (Å²) in [7, 11) is 0. The van der Waals surface area contributed by atoms with Crippen molar-refractivity contribution in [2.45, 2.75) is 25.7 Å². The van der Waals surface area contributed by atoms with E-state index < -0.39 is 16.6 Å². The lowest BCUT2D eigenvalue weighted by Crippen LogP contribution is -2.34. The second kappa shape index (κ2) is 7.41. The number of ether oxygens (including phenoxy) is 1. The van der Waals surface area contributed by atoms with Gasteiger partial charge >= 0.3 is 5.97 Å². The van der Waals surface area contributed by atoms with Crippen molar-refractivity contribution in [1.29, 1.82) is 0 Å². The van der Waals surface area contributed by atoms with Crippen LogP contribution in [-0.2, 0) is 14.3 Å². The molecule has 9 heteroatoms. The minimum atomic E-state index is -0.777. The summed E-state index contributed by atoms with van der Waals surface area (Å²) in [6.45, 7) is -0.168. The van der Waals surface area contributed by atoms with Crippen LogP contribution in [-0.4, -0.2) is 40.8 Å². The summed E-state index contributed by atoms with van der Waals surface area (Å²) in [5, 5.41) is 10.8. The number of hydrogen-bond donors (Lipinski definition) is 0. The van der Waals surface area contributed by atoms with Crippen LogP contribution >= 0.6 is 11.6 Å². The molecule has 1 aromatic carbocycles. The molecule has 0 unspecified atom stereocenters. The van der Waals surface area contributed by atoms with Crippen molar-refractivity contribution in [2.75, 3.05) is 13.2 Å². The highest BCUT2D eigenvalue weighted by molar-refractivity contribution is 6.32. The number of imide groups is 1. The lowest BCUT2D eigenvalue weighted by Gasteiger charge is -2.19. The summed E-state index contributed by atoms with van der Waals surface area (Å²) in [5.41, 5.74) is -0.413. The second-order valence-corrected chi connectivity index (χ2v) is 6.79. The lowest BCUT2D eigenvalue weighted by molar-refractivity contribution is -0.384. The van der Waals surface area contributed by atoms with Crippen molar-refractivity contribution in [2.24, 2.45) is 11.8 Å². The monoisotopic (exact) mass is 380 g/mol. The molecule has 2 atom stereocenters. The number of amides is 2. The van der Waals surface area contributed by atoms with Gasteiger partial charge in [0.1, 0.15) is 11.6 Å². The van der Waals surface area contributed by atoms with E-state index in [0.717, 1.165) is 36.6 Å². The number of nitrogens with zero attached hydrogens (tertiary/aromatic N) is 2. The Bertz CT molecular complexity index is 757. The third-order valence-corrected chi connectivity index (χ3v) is 5.18. The Morgan fingerprint density at radius 2 is 1.85 bits per heavy atom. The Morgan fingerprint density at radius 3 is 2.42 bits per heavy atom. The van der Waals surface area contributed by atoms with Gasteiger partial charge in [-0.2, -0.15) is 0 Å². The Kier molecular flexibility index (Phi) is 5.22. The van der Waals surface area contributed by atoms with Crippen LogP contribution < -0.4 is 0 Å². The number of likely N-dealkylation sites (tertiary alicyclic amines) is 1. The summed E-state index contributed by atoms with van der Waals surface area (Å²) < 4.78 is 5.06. The number of rotatable bonds is 5. The Balaban J connectivity index is 1.59. The summed E-state index contributed by atoms with van der Waals surface area (Å²) in [6.07, 6.45) is 3.33. The van der Waals surface area contributed by atoms with Gasteiger partial charge in [-0.15, -0.1) is 0 Å². The summed E-state index contributed by atoms with van der Waals surface area (Å²) in [5.74, 6) is -1.66. The van der Waals surface area contributed by atoms with Gasteiger partial charge < -0.3 is 4.74 Å². The highest BCUT2D eigenvalue weighted by atomic mass is 35.5. The van der Waals surface area contributed by atoms with Crippen LogP contribution in [0.15, 0.2) is 18.2 Å². The average molecular weight is 381 g/mol. The van der Waals surface area contributed by atoms with Crippen molar-refractivity contribution in [1.82, 2.24) is 4.90 Å². The molecule has 0 radical (unpaired) electrons. The number of halogens is 1. The molecule has 2 fully saturated rings. The molecule has 1 aliphatic heterocycles. The van der Waals surface area contributed by atoms with Gasteiger partial charge in [0, 0.05) is 6.07 Å². The summed E-state index contributed by atoms with van der Waals surface area (Å²) in [6, 6.07) is 3.60. The standard InChI is InChI=1S/C17H17ClN2O6/c18-13-6-5-10(9-14(13)20(24)25)17(23)26-8-7-19-15(21)11-3-1-2-4-12(11)16(19)22/h5-6,9,11-12H,1-4,7-8H2/t11-,12+. The number of fused-ring (bicyclic) bond motifs is 1. The molecule has 1 aromatic rings. The van der Waals surface area contributed by atoms with Gasteiger partial charge in [-0.1, -0.05) is 24.4 Å². The van der Waals surface area contributed by atoms with Crippen LogP contribution in [0.1, 0.15) is 36.0 Å². The number of esters is 1. The molecule has 138 valence electrons. The molecule has 2 aliphatic rings. The zero-order valence-electron chi connectivity index (χ0n) is 13.9. The average Bonchev–Trinajstić information content (AvgIpc) is 2.87. The largest absolute Gasteiger partial charge is 0.460 e. The van der Waals surface area contributed by atoms with Crippen LogP contribution in [0.5, 0.6) is 0 Å². The van der Waals surface area contributed by atoms with E-state index >= 15 is 0 Å². The maximum Gasteiger partial charge on any atom is 0.338 e. The SMILES string of the molecule is O=C(OCCN1C(=O)[C@H]2CCCC[C@H]2C1=O)c1ccc(Cl)c([N+](=O)[O-])c1. The zero-order chi connectivity index (χ0) is 18.8. The maximum absolute atomic E-state index is 12.3. The molecule has 0 N–H and O–H groups in total. The maximum atomic E-state index is 12.3. The number of nitro groups is 1. The van der Waals surface area contributed by atoms with E-state index in [2.05, 4.69) is 0 Å². The fourth-order valence-corrected chi connectivity index (χ4v) is 3.73. The van der Waals surface area contributed by atoms with E-state index in [1.54, 1.807) is 0 Å². The van der Waals surface area contributed by atoms with Gasteiger partial charge in [0.15, 0.2) is 0 Å². The first-order chi connectivity index (χ1) is 12.4. The molecular weight excluding hydrogens is 364 g/mol. The third-order valence-electron chi connectivity index (χ3n) is 4.86. The van der Waals surface area contributed by atoms with E-state index in [4.69, 9.17) is 16.3 Å². The molecule has 1 saturated carbocycles. The van der Waals surface area contributed by atoms with Gasteiger partial charge in [0.25, 0.3) is 5.69 Å². The number of hydrogen-bond acceptors (Lipinski definition) is 6. The van der Waals surface area contributed by atoms with Crippen LogP contribution in [0.4, 0.5) is 5.69 Å². The highest BCUT2D eigenvalue weighted by Gasteiger charge is 2.47. The molecule has 0 aromatic heterocycles. The topological polar surface area (TPSA) is 107 Å². The third kappa shape index (κ3) is 3.41. The molecule has 8 nitrogen and oxygen atoms in total. The van der Waals surface area contributed by atoms with E-state index in [-0.39, 0.29) is 47.4 Å². The van der Waals surface area contributed by atoms with Crippen LogP contribution in [0.25, 0.3) is 0 Å². The zero-order valence-corrected chi connectivity index (χ0v) is 14.6. The Morgan fingerprint density at radius 1 is 1.23 bits per heavy atom. The fraction of sp³-hybridized carbons (Fsp3) is 0.471. The molecule has 2 amide bonds. The molecule has 1 aliphatic carbocycles. The molecule has 0 bridgehead atoms. The van der Waals surface area contributed by atoms with Crippen LogP contribution in [0.2, 0.25) is 5.02 Å². The second-order valence-electron chi connectivity index (χ2n) is 6.38. The van der Waals surface area contributed by atoms with E-state index in [1.807, 2.05) is 0 Å². The van der Waals surface area contributed by atoms with Crippen LogP contribution in [0.3, 0.4) is 0 Å². The number of nitro benzene ring substituents is 1. The highest BCUT2D eigenvalue weighted by Crippen LogP contribution is 2.37. The quantitative estimate of drug-likeness (QED) is 0.336. The fourth-order valence-electron chi connectivity index (χ4n) is 3.54. The molecular formula is C17H17ClN2O6. The molecule has 3 rings (SSSR count).